The first kappa shape index (κ1) is 11.5. The van der Waals surface area contributed by atoms with E-state index in [0.29, 0.717) is 5.92 Å². The summed E-state index contributed by atoms with van der Waals surface area (Å²) in [5, 5.41) is 0. The molecule has 1 aromatic heterocycles. The average Bonchev–Trinajstić information content (AvgIpc) is 2.53. The molecule has 0 spiro atoms. The normalized spacial score (nSPS) is 14.9. The zero-order valence-corrected chi connectivity index (χ0v) is 8.30. The van der Waals surface area contributed by atoms with Crippen molar-refractivity contribution in [3.05, 3.63) is 24.2 Å². The Bertz CT molecular complexity index is 198. The Hall–Kier alpha value is -0.470. The molecule has 1 rings (SSSR count). The van der Waals surface area contributed by atoms with Gasteiger partial charge in [0.05, 0.1) is 12.3 Å². The molecule has 2 N–H and O–H groups in total. The van der Waals surface area contributed by atoms with Crippen LogP contribution in [0.3, 0.4) is 0 Å². The molecule has 0 aromatic carbocycles. The van der Waals surface area contributed by atoms with Crippen LogP contribution in [0, 0.1) is 5.92 Å². The molecule has 0 radical (unpaired) electrons. The van der Waals surface area contributed by atoms with Gasteiger partial charge in [-0.15, -0.1) is 12.4 Å². The van der Waals surface area contributed by atoms with E-state index in [4.69, 9.17) is 10.2 Å². The smallest absolute Gasteiger partial charge is 0.120 e. The summed E-state index contributed by atoms with van der Waals surface area (Å²) in [5.41, 5.74) is 5.90. The predicted octanol–water partition coefficient (Wildman–Crippen LogP) is 2.75. The Balaban J connectivity index is 0.00000121. The summed E-state index contributed by atoms with van der Waals surface area (Å²) in [6, 6.07) is 3.85. The van der Waals surface area contributed by atoms with Crippen LogP contribution in [-0.4, -0.2) is 0 Å². The number of nitrogens with two attached hydrogens (primary N) is 1. The Morgan fingerprint density at radius 3 is 2.67 bits per heavy atom. The molecule has 2 atom stereocenters. The van der Waals surface area contributed by atoms with Crippen LogP contribution >= 0.6 is 12.4 Å². The van der Waals surface area contributed by atoms with Crippen molar-refractivity contribution in [1.29, 1.82) is 0 Å². The molecule has 12 heavy (non-hydrogen) atoms. The van der Waals surface area contributed by atoms with Crippen LogP contribution in [-0.2, 0) is 0 Å². The van der Waals surface area contributed by atoms with Gasteiger partial charge in [-0.3, -0.25) is 0 Å². The second-order valence-corrected chi connectivity index (χ2v) is 2.93. The van der Waals surface area contributed by atoms with Crippen LogP contribution in [0.15, 0.2) is 22.8 Å². The highest BCUT2D eigenvalue weighted by Crippen LogP contribution is 2.21. The van der Waals surface area contributed by atoms with Crippen molar-refractivity contribution < 1.29 is 4.42 Å². The second-order valence-electron chi connectivity index (χ2n) is 2.93. The molecular formula is C9H16ClNO. The van der Waals surface area contributed by atoms with Gasteiger partial charge < -0.3 is 10.2 Å². The summed E-state index contributed by atoms with van der Waals surface area (Å²) in [6.45, 7) is 4.26. The molecule has 0 saturated carbocycles. The highest BCUT2D eigenvalue weighted by molar-refractivity contribution is 5.85. The summed E-state index contributed by atoms with van der Waals surface area (Å²) in [6.07, 6.45) is 2.75. The van der Waals surface area contributed by atoms with Crippen LogP contribution in [0.5, 0.6) is 0 Å². The maximum Gasteiger partial charge on any atom is 0.120 e. The van der Waals surface area contributed by atoms with Gasteiger partial charge >= 0.3 is 0 Å². The van der Waals surface area contributed by atoms with E-state index in [1.54, 1.807) is 6.26 Å². The minimum atomic E-state index is 0. The number of hydrogen-bond donors (Lipinski definition) is 1. The van der Waals surface area contributed by atoms with Crippen molar-refractivity contribution in [3.8, 4) is 0 Å². The fraction of sp³-hybridized carbons (Fsp3) is 0.556. The number of hydrogen-bond acceptors (Lipinski definition) is 2. The third-order valence-corrected chi connectivity index (χ3v) is 2.13. The van der Waals surface area contributed by atoms with Gasteiger partial charge in [0.1, 0.15) is 5.76 Å². The fourth-order valence-electron chi connectivity index (χ4n) is 1.02. The molecule has 1 aromatic rings. The lowest BCUT2D eigenvalue weighted by Gasteiger charge is -2.14. The fourth-order valence-corrected chi connectivity index (χ4v) is 1.02. The molecule has 1 heterocycles. The van der Waals surface area contributed by atoms with Crippen molar-refractivity contribution >= 4 is 12.4 Å². The maximum atomic E-state index is 5.90. The van der Waals surface area contributed by atoms with E-state index in [0.717, 1.165) is 12.2 Å². The van der Waals surface area contributed by atoms with E-state index in [9.17, 15) is 0 Å². The van der Waals surface area contributed by atoms with E-state index in [1.165, 1.54) is 0 Å². The van der Waals surface area contributed by atoms with E-state index >= 15 is 0 Å². The monoisotopic (exact) mass is 189 g/mol. The van der Waals surface area contributed by atoms with Gasteiger partial charge in [-0.2, -0.15) is 0 Å². The first-order valence-electron chi connectivity index (χ1n) is 4.04. The van der Waals surface area contributed by atoms with Crippen molar-refractivity contribution in [3.63, 3.8) is 0 Å². The molecule has 0 fully saturated rings. The number of furan rings is 1. The SMILES string of the molecule is CCC(C)[C@@H](N)c1ccco1.Cl. The van der Waals surface area contributed by atoms with E-state index in [2.05, 4.69) is 13.8 Å². The predicted molar refractivity (Wildman–Crippen MR) is 52.3 cm³/mol. The van der Waals surface area contributed by atoms with Crippen molar-refractivity contribution in [1.82, 2.24) is 0 Å². The Kier molecular flexibility index (Phi) is 5.02. The molecule has 2 nitrogen and oxygen atoms in total. The molecule has 0 aliphatic heterocycles. The second kappa shape index (κ2) is 5.22. The van der Waals surface area contributed by atoms with E-state index in [1.807, 2.05) is 12.1 Å². The van der Waals surface area contributed by atoms with Gasteiger partial charge in [0.15, 0.2) is 0 Å². The molecular weight excluding hydrogens is 174 g/mol. The van der Waals surface area contributed by atoms with Gasteiger partial charge in [0.2, 0.25) is 0 Å². The van der Waals surface area contributed by atoms with Crippen molar-refractivity contribution in [2.75, 3.05) is 0 Å². The molecule has 0 amide bonds. The summed E-state index contributed by atoms with van der Waals surface area (Å²) in [7, 11) is 0. The van der Waals surface area contributed by atoms with Crippen LogP contribution in [0.4, 0.5) is 0 Å². The molecule has 70 valence electrons. The van der Waals surface area contributed by atoms with Gasteiger partial charge in [-0.25, -0.2) is 0 Å². The third kappa shape index (κ3) is 2.54. The average molecular weight is 190 g/mol. The van der Waals surface area contributed by atoms with E-state index < -0.39 is 0 Å². The lowest BCUT2D eigenvalue weighted by Crippen LogP contribution is -2.17. The van der Waals surface area contributed by atoms with Gasteiger partial charge in [-0.05, 0) is 18.1 Å². The molecule has 0 aliphatic carbocycles. The van der Waals surface area contributed by atoms with Crippen molar-refractivity contribution in [2.24, 2.45) is 11.7 Å². The lowest BCUT2D eigenvalue weighted by molar-refractivity contribution is 0.376. The zero-order chi connectivity index (χ0) is 8.27. The Labute approximate surface area is 79.5 Å². The summed E-state index contributed by atoms with van der Waals surface area (Å²) in [5.74, 6) is 1.38. The lowest BCUT2D eigenvalue weighted by atomic mass is 9.98. The number of rotatable bonds is 3. The molecule has 0 saturated heterocycles. The van der Waals surface area contributed by atoms with Crippen LogP contribution < -0.4 is 5.73 Å². The summed E-state index contributed by atoms with van der Waals surface area (Å²) in [4.78, 5) is 0. The topological polar surface area (TPSA) is 39.2 Å². The van der Waals surface area contributed by atoms with Gasteiger partial charge in [-0.1, -0.05) is 20.3 Å². The van der Waals surface area contributed by atoms with Gasteiger partial charge in [0.25, 0.3) is 0 Å². The Morgan fingerprint density at radius 2 is 2.25 bits per heavy atom. The van der Waals surface area contributed by atoms with Crippen LogP contribution in [0.2, 0.25) is 0 Å². The van der Waals surface area contributed by atoms with Crippen molar-refractivity contribution in [2.45, 2.75) is 26.3 Å². The molecule has 0 bridgehead atoms. The zero-order valence-electron chi connectivity index (χ0n) is 7.49. The van der Waals surface area contributed by atoms with Crippen LogP contribution in [0.25, 0.3) is 0 Å². The standard InChI is InChI=1S/C9H15NO.ClH/c1-3-7(2)9(10)8-5-4-6-11-8;/h4-7,9H,3,10H2,1-2H3;1H/t7?,9-;/m1./s1. The first-order chi connectivity index (χ1) is 5.25. The highest BCUT2D eigenvalue weighted by atomic mass is 35.5. The van der Waals surface area contributed by atoms with Gasteiger partial charge in [0, 0.05) is 0 Å². The maximum absolute atomic E-state index is 5.90. The minimum absolute atomic E-state index is 0. The number of halogens is 1. The quantitative estimate of drug-likeness (QED) is 0.794. The van der Waals surface area contributed by atoms with E-state index in [-0.39, 0.29) is 18.4 Å². The Morgan fingerprint density at radius 1 is 1.58 bits per heavy atom. The minimum Gasteiger partial charge on any atom is -0.468 e. The molecule has 3 heteroatoms. The van der Waals surface area contributed by atoms with Crippen LogP contribution in [0.1, 0.15) is 32.1 Å². The largest absolute Gasteiger partial charge is 0.468 e. The summed E-state index contributed by atoms with van der Waals surface area (Å²) < 4.78 is 5.19. The molecule has 0 aliphatic rings. The molecule has 1 unspecified atom stereocenters. The summed E-state index contributed by atoms with van der Waals surface area (Å²) >= 11 is 0. The first-order valence-corrected chi connectivity index (χ1v) is 4.04. The highest BCUT2D eigenvalue weighted by Gasteiger charge is 2.14. The third-order valence-electron chi connectivity index (χ3n) is 2.13.